The maximum atomic E-state index is 12.0. The van der Waals surface area contributed by atoms with Crippen LogP contribution in [0.15, 0.2) is 22.1 Å². The van der Waals surface area contributed by atoms with Crippen LogP contribution in [0.3, 0.4) is 0 Å². The fraction of sp³-hybridized carbons (Fsp3) is 0.762. The zero-order valence-electron chi connectivity index (χ0n) is 17.3. The number of esters is 1. The number of aliphatic hydroxyl groups is 1. The average Bonchev–Trinajstić information content (AvgIpc) is 2.63. The molecule has 6 nitrogen and oxygen atoms in total. The minimum Gasteiger partial charge on any atom is -0.496 e. The van der Waals surface area contributed by atoms with Crippen molar-refractivity contribution in [1.82, 2.24) is 4.90 Å². The first-order valence-corrected chi connectivity index (χ1v) is 11.0. The molecule has 4 atom stereocenters. The van der Waals surface area contributed by atoms with Gasteiger partial charge in [-0.25, -0.2) is 0 Å². The number of ether oxygens (including phenoxy) is 3. The highest BCUT2D eigenvalue weighted by atomic mass is 79.9. The third kappa shape index (κ3) is 3.61. The van der Waals surface area contributed by atoms with Crippen LogP contribution in [0.2, 0.25) is 0 Å². The minimum atomic E-state index is -0.937. The number of halogens is 1. The number of hydrogen-bond donors (Lipinski definition) is 1. The van der Waals surface area contributed by atoms with E-state index in [0.29, 0.717) is 25.3 Å². The third-order valence-corrected chi connectivity index (χ3v) is 7.09. The van der Waals surface area contributed by atoms with Crippen LogP contribution < -0.4 is 0 Å². The summed E-state index contributed by atoms with van der Waals surface area (Å²) in [6, 6.07) is 0. The smallest absolute Gasteiger partial charge is 0.303 e. The predicted molar refractivity (Wildman–Crippen MR) is 109 cm³/mol. The van der Waals surface area contributed by atoms with Crippen LogP contribution in [-0.2, 0) is 19.0 Å². The summed E-state index contributed by atoms with van der Waals surface area (Å²) in [5, 5.41) is 11.6. The summed E-state index contributed by atoms with van der Waals surface area (Å²) in [4.78, 5) is 14.0. The van der Waals surface area contributed by atoms with Crippen LogP contribution in [-0.4, -0.2) is 54.0 Å². The number of carbonyl (C=O) groups is 1. The van der Waals surface area contributed by atoms with Gasteiger partial charge in [-0.2, -0.15) is 0 Å². The lowest BCUT2D eigenvalue weighted by Crippen LogP contribution is -2.67. The van der Waals surface area contributed by atoms with Crippen LogP contribution in [0.25, 0.3) is 0 Å². The Morgan fingerprint density at radius 1 is 1.39 bits per heavy atom. The van der Waals surface area contributed by atoms with Gasteiger partial charge in [0.2, 0.25) is 0 Å². The molecule has 0 amide bonds. The average molecular weight is 458 g/mol. The Morgan fingerprint density at radius 2 is 2.11 bits per heavy atom. The number of rotatable bonds is 6. The lowest BCUT2D eigenvalue weighted by Gasteiger charge is -2.59. The fourth-order valence-corrected chi connectivity index (χ4v) is 5.40. The van der Waals surface area contributed by atoms with Crippen molar-refractivity contribution in [2.24, 2.45) is 5.41 Å². The summed E-state index contributed by atoms with van der Waals surface area (Å²) in [6.45, 7) is 6.64. The van der Waals surface area contributed by atoms with Crippen molar-refractivity contribution in [3.8, 4) is 0 Å². The second-order valence-electron chi connectivity index (χ2n) is 8.35. The van der Waals surface area contributed by atoms with Gasteiger partial charge in [-0.05, 0) is 19.3 Å². The molecule has 0 radical (unpaired) electrons. The van der Waals surface area contributed by atoms with Crippen molar-refractivity contribution in [2.45, 2.75) is 77.1 Å². The van der Waals surface area contributed by atoms with Gasteiger partial charge in [0.1, 0.15) is 11.8 Å². The van der Waals surface area contributed by atoms with Gasteiger partial charge in [-0.3, -0.25) is 4.79 Å². The maximum Gasteiger partial charge on any atom is 0.303 e. The molecule has 1 saturated carbocycles. The SMILES string of the molecule is CCCCOC1C(Br)=CN2CC3(O)CCCCC3(C)C(OC(C)=O)C2=C1OC. The van der Waals surface area contributed by atoms with E-state index in [2.05, 4.69) is 22.9 Å². The van der Waals surface area contributed by atoms with Gasteiger partial charge in [0.05, 0.1) is 19.3 Å². The molecule has 4 unspecified atom stereocenters. The maximum absolute atomic E-state index is 12.0. The van der Waals surface area contributed by atoms with Crippen LogP contribution in [0.1, 0.15) is 59.3 Å². The first kappa shape index (κ1) is 21.7. The number of unbranched alkanes of at least 4 members (excludes halogenated alkanes) is 1. The van der Waals surface area contributed by atoms with Gasteiger partial charge >= 0.3 is 5.97 Å². The molecule has 0 aromatic carbocycles. The fourth-order valence-electron chi connectivity index (χ4n) is 4.81. The molecule has 2 heterocycles. The molecule has 0 bridgehead atoms. The standard InChI is InChI=1S/C21H32BrNO5/c1-5-6-11-27-17-15(22)12-23-13-21(25)10-8-7-9-20(21,3)19(28-14(2)24)16(23)18(17)26-4/h12,17,19,25H,5-11,13H2,1-4H3. The van der Waals surface area contributed by atoms with E-state index in [-0.39, 0.29) is 12.1 Å². The van der Waals surface area contributed by atoms with Gasteiger partial charge in [0.15, 0.2) is 11.9 Å². The molecule has 3 rings (SSSR count). The topological polar surface area (TPSA) is 68.2 Å². The van der Waals surface area contributed by atoms with Crippen molar-refractivity contribution in [2.75, 3.05) is 20.3 Å². The molecule has 1 aliphatic carbocycles. The Labute approximate surface area is 176 Å². The monoisotopic (exact) mass is 457 g/mol. The molecule has 28 heavy (non-hydrogen) atoms. The second-order valence-corrected chi connectivity index (χ2v) is 9.26. The van der Waals surface area contributed by atoms with E-state index < -0.39 is 17.1 Å². The largest absolute Gasteiger partial charge is 0.496 e. The van der Waals surface area contributed by atoms with E-state index >= 15 is 0 Å². The van der Waals surface area contributed by atoms with E-state index in [1.807, 2.05) is 18.0 Å². The number of fused-ring (bicyclic) bond motifs is 2. The van der Waals surface area contributed by atoms with Gasteiger partial charge in [-0.1, -0.05) is 49.0 Å². The molecular weight excluding hydrogens is 426 g/mol. The van der Waals surface area contributed by atoms with Crippen LogP contribution in [0, 0.1) is 5.41 Å². The zero-order chi connectivity index (χ0) is 20.5. The summed E-state index contributed by atoms with van der Waals surface area (Å²) in [5.41, 5.74) is -0.720. The Balaban J connectivity index is 2.07. The van der Waals surface area contributed by atoms with Crippen LogP contribution >= 0.6 is 15.9 Å². The molecule has 1 N–H and O–H groups in total. The number of hydrogen-bond acceptors (Lipinski definition) is 6. The van der Waals surface area contributed by atoms with E-state index in [9.17, 15) is 9.90 Å². The highest BCUT2D eigenvalue weighted by Gasteiger charge is 2.61. The molecule has 7 heteroatoms. The molecule has 0 spiro atoms. The van der Waals surface area contributed by atoms with E-state index in [1.54, 1.807) is 7.11 Å². The van der Waals surface area contributed by atoms with Gasteiger partial charge in [-0.15, -0.1) is 0 Å². The Bertz CT molecular complexity index is 678. The van der Waals surface area contributed by atoms with E-state index in [4.69, 9.17) is 14.2 Å². The van der Waals surface area contributed by atoms with Gasteiger partial charge < -0.3 is 24.2 Å². The first-order valence-electron chi connectivity index (χ1n) is 10.2. The first-order chi connectivity index (χ1) is 13.3. The molecule has 2 fully saturated rings. The Hall–Kier alpha value is -1.05. The normalized spacial score (nSPS) is 35.1. The molecule has 2 aliphatic heterocycles. The number of carbonyl (C=O) groups excluding carboxylic acids is 1. The van der Waals surface area contributed by atoms with Crippen molar-refractivity contribution < 1.29 is 24.1 Å². The van der Waals surface area contributed by atoms with Crippen molar-refractivity contribution >= 4 is 21.9 Å². The Morgan fingerprint density at radius 3 is 2.75 bits per heavy atom. The molecule has 3 aliphatic rings. The lowest BCUT2D eigenvalue weighted by molar-refractivity contribution is -0.200. The van der Waals surface area contributed by atoms with Crippen LogP contribution in [0.4, 0.5) is 0 Å². The zero-order valence-corrected chi connectivity index (χ0v) is 18.9. The molecular formula is C21H32BrNO5. The summed E-state index contributed by atoms with van der Waals surface area (Å²) in [6.07, 6.45) is 6.43. The molecule has 0 aromatic rings. The van der Waals surface area contributed by atoms with Gasteiger partial charge in [0, 0.05) is 29.6 Å². The second kappa shape index (κ2) is 8.36. The Kier molecular flexibility index (Phi) is 6.47. The third-order valence-electron chi connectivity index (χ3n) is 6.47. The molecule has 158 valence electrons. The summed E-state index contributed by atoms with van der Waals surface area (Å²) >= 11 is 3.63. The van der Waals surface area contributed by atoms with Crippen molar-refractivity contribution in [3.63, 3.8) is 0 Å². The van der Waals surface area contributed by atoms with Gasteiger partial charge in [0.25, 0.3) is 0 Å². The molecule has 1 saturated heterocycles. The quantitative estimate of drug-likeness (QED) is 0.482. The summed E-state index contributed by atoms with van der Waals surface area (Å²) < 4.78 is 18.6. The van der Waals surface area contributed by atoms with E-state index in [0.717, 1.165) is 42.3 Å². The summed E-state index contributed by atoms with van der Waals surface area (Å²) in [5.74, 6) is 0.284. The van der Waals surface area contributed by atoms with Crippen LogP contribution in [0.5, 0.6) is 0 Å². The van der Waals surface area contributed by atoms with Crippen molar-refractivity contribution in [1.29, 1.82) is 0 Å². The number of nitrogens with zero attached hydrogens (tertiary/aromatic N) is 1. The predicted octanol–water partition coefficient (Wildman–Crippen LogP) is 3.84. The number of piperidine rings is 1. The summed E-state index contributed by atoms with van der Waals surface area (Å²) in [7, 11) is 1.62. The van der Waals surface area contributed by atoms with Crippen molar-refractivity contribution in [3.05, 3.63) is 22.1 Å². The van der Waals surface area contributed by atoms with E-state index in [1.165, 1.54) is 6.92 Å². The lowest BCUT2D eigenvalue weighted by atomic mass is 9.58. The molecule has 0 aromatic heterocycles. The number of methoxy groups -OCH3 is 1. The highest BCUT2D eigenvalue weighted by molar-refractivity contribution is 9.11. The minimum absolute atomic E-state index is 0.360. The highest BCUT2D eigenvalue weighted by Crippen LogP contribution is 2.55.